The Labute approximate surface area is 167 Å². The molecule has 27 heavy (non-hydrogen) atoms. The smallest absolute Gasteiger partial charge is 0.409 e. The number of hydrogen-bond acceptors (Lipinski definition) is 4. The Kier molecular flexibility index (Phi) is 7.56. The Morgan fingerprint density at radius 2 is 1.93 bits per heavy atom. The molecule has 0 aromatic heterocycles. The first-order valence-electron chi connectivity index (χ1n) is 9.95. The summed E-state index contributed by atoms with van der Waals surface area (Å²) in [6.45, 7) is 8.58. The first-order chi connectivity index (χ1) is 13.2. The number of likely N-dealkylation sites (tertiary alicyclic amines) is 1. The van der Waals surface area contributed by atoms with E-state index in [0.29, 0.717) is 12.6 Å². The summed E-state index contributed by atoms with van der Waals surface area (Å²) in [5.74, 6) is 0. The summed E-state index contributed by atoms with van der Waals surface area (Å²) in [4.78, 5) is 18.7. The van der Waals surface area contributed by atoms with E-state index < -0.39 is 0 Å². The van der Waals surface area contributed by atoms with Crippen LogP contribution in [0.15, 0.2) is 35.4 Å². The van der Waals surface area contributed by atoms with Gasteiger partial charge in [0.2, 0.25) is 0 Å². The van der Waals surface area contributed by atoms with Gasteiger partial charge in [0, 0.05) is 50.3 Å². The fourth-order valence-electron chi connectivity index (χ4n) is 3.95. The zero-order valence-corrected chi connectivity index (χ0v) is 16.9. The minimum absolute atomic E-state index is 0.180. The van der Waals surface area contributed by atoms with Crippen LogP contribution in [0, 0.1) is 0 Å². The molecule has 1 aromatic carbocycles. The highest BCUT2D eigenvalue weighted by molar-refractivity contribution is 6.31. The Hall–Kier alpha value is -1.56. The average Bonchev–Trinajstić information content (AvgIpc) is 2.69. The van der Waals surface area contributed by atoms with Crippen LogP contribution in [0.3, 0.4) is 0 Å². The second kappa shape index (κ2) is 10.1. The summed E-state index contributed by atoms with van der Waals surface area (Å²) < 4.78 is 5.11. The first-order valence-corrected chi connectivity index (χ1v) is 10.3. The molecule has 148 valence electrons. The number of nitrogens with zero attached hydrogens (tertiary/aromatic N) is 3. The van der Waals surface area contributed by atoms with Crippen LogP contribution in [0.25, 0.3) is 6.08 Å². The molecule has 0 saturated carbocycles. The van der Waals surface area contributed by atoms with Gasteiger partial charge in [0.1, 0.15) is 0 Å². The number of hydrogen-bond donors (Lipinski definition) is 0. The largest absolute Gasteiger partial charge is 0.450 e. The van der Waals surface area contributed by atoms with Gasteiger partial charge in [0.15, 0.2) is 0 Å². The van der Waals surface area contributed by atoms with E-state index in [1.165, 1.54) is 12.8 Å². The monoisotopic (exact) mass is 391 g/mol. The number of piperidine rings is 1. The van der Waals surface area contributed by atoms with Crippen molar-refractivity contribution in [3.63, 3.8) is 0 Å². The van der Waals surface area contributed by atoms with Crippen molar-refractivity contribution < 1.29 is 9.53 Å². The van der Waals surface area contributed by atoms with Gasteiger partial charge < -0.3 is 9.64 Å². The molecular formula is C21H30ClN3O2. The van der Waals surface area contributed by atoms with Crippen molar-refractivity contribution in [2.24, 2.45) is 0 Å². The molecule has 2 fully saturated rings. The third kappa shape index (κ3) is 5.96. The van der Waals surface area contributed by atoms with Crippen molar-refractivity contribution in [3.8, 4) is 0 Å². The van der Waals surface area contributed by atoms with Crippen LogP contribution in [0.4, 0.5) is 4.79 Å². The van der Waals surface area contributed by atoms with Crippen molar-refractivity contribution >= 4 is 23.8 Å². The van der Waals surface area contributed by atoms with Crippen molar-refractivity contribution in [2.75, 3.05) is 52.4 Å². The average molecular weight is 392 g/mol. The fourth-order valence-corrected chi connectivity index (χ4v) is 4.24. The van der Waals surface area contributed by atoms with Crippen molar-refractivity contribution in [1.29, 1.82) is 0 Å². The second-order valence-corrected chi connectivity index (χ2v) is 7.74. The van der Waals surface area contributed by atoms with E-state index in [-0.39, 0.29) is 6.09 Å². The van der Waals surface area contributed by atoms with Crippen LogP contribution in [-0.2, 0) is 4.74 Å². The zero-order valence-electron chi connectivity index (χ0n) is 16.1. The van der Waals surface area contributed by atoms with E-state index in [1.54, 1.807) is 0 Å². The molecule has 6 heteroatoms. The molecule has 2 aliphatic rings. The lowest BCUT2D eigenvalue weighted by Gasteiger charge is -2.43. The Morgan fingerprint density at radius 1 is 1.19 bits per heavy atom. The summed E-state index contributed by atoms with van der Waals surface area (Å²) in [7, 11) is 0. The third-order valence-electron chi connectivity index (χ3n) is 5.33. The van der Waals surface area contributed by atoms with E-state index in [9.17, 15) is 4.79 Å². The number of halogens is 1. The molecule has 3 rings (SSSR count). The summed E-state index contributed by atoms with van der Waals surface area (Å²) in [5.41, 5.74) is 1.14. The molecule has 0 aliphatic carbocycles. The minimum atomic E-state index is -0.180. The highest BCUT2D eigenvalue weighted by atomic mass is 35.5. The van der Waals surface area contributed by atoms with Gasteiger partial charge in [-0.3, -0.25) is 9.80 Å². The number of carbonyl (C=O) groups is 1. The lowest BCUT2D eigenvalue weighted by atomic mass is 10.0. The van der Waals surface area contributed by atoms with Gasteiger partial charge in [-0.15, -0.1) is 0 Å². The van der Waals surface area contributed by atoms with E-state index in [2.05, 4.69) is 28.0 Å². The van der Waals surface area contributed by atoms with Crippen LogP contribution >= 0.6 is 11.6 Å². The Balaban J connectivity index is 1.48. The Bertz CT molecular complexity index is 630. The molecular weight excluding hydrogens is 362 g/mol. The molecule has 2 saturated heterocycles. The number of ether oxygens (including phenoxy) is 1. The first kappa shape index (κ1) is 20.2. The molecule has 1 amide bonds. The standard InChI is InChI=1S/C21H30ClN3O2/c1-2-27-21(26)25-13-11-24(12-14-25)20-9-6-10-23(17-20)16-19(22)15-18-7-4-3-5-8-18/h3-5,7-8,15,20H,2,6,9-14,16-17H2,1H3. The van der Waals surface area contributed by atoms with E-state index in [0.717, 1.165) is 56.4 Å². The lowest BCUT2D eigenvalue weighted by Crippen LogP contribution is -2.56. The number of benzene rings is 1. The van der Waals surface area contributed by atoms with Crippen molar-refractivity contribution in [1.82, 2.24) is 14.7 Å². The number of amides is 1. The molecule has 0 spiro atoms. The fraction of sp³-hybridized carbons (Fsp3) is 0.571. The summed E-state index contributed by atoms with van der Waals surface area (Å²) in [6, 6.07) is 10.8. The van der Waals surface area contributed by atoms with E-state index >= 15 is 0 Å². The summed E-state index contributed by atoms with van der Waals surface area (Å²) in [5, 5.41) is 0.883. The molecule has 0 radical (unpaired) electrons. The summed E-state index contributed by atoms with van der Waals surface area (Å²) >= 11 is 6.51. The third-order valence-corrected chi connectivity index (χ3v) is 5.56. The van der Waals surface area contributed by atoms with Crippen LogP contribution in [0.5, 0.6) is 0 Å². The predicted octanol–water partition coefficient (Wildman–Crippen LogP) is 3.50. The molecule has 5 nitrogen and oxygen atoms in total. The molecule has 1 aromatic rings. The molecule has 0 bridgehead atoms. The maximum Gasteiger partial charge on any atom is 0.409 e. The maximum absolute atomic E-state index is 11.9. The number of rotatable bonds is 5. The Morgan fingerprint density at radius 3 is 2.63 bits per heavy atom. The van der Waals surface area contributed by atoms with E-state index in [1.807, 2.05) is 30.0 Å². The van der Waals surface area contributed by atoms with Gasteiger partial charge >= 0.3 is 6.09 Å². The molecule has 2 heterocycles. The van der Waals surface area contributed by atoms with Gasteiger partial charge in [-0.25, -0.2) is 4.79 Å². The van der Waals surface area contributed by atoms with Crippen LogP contribution < -0.4 is 0 Å². The minimum Gasteiger partial charge on any atom is -0.450 e. The molecule has 1 unspecified atom stereocenters. The molecule has 0 N–H and O–H groups in total. The summed E-state index contributed by atoms with van der Waals surface area (Å²) in [6.07, 6.45) is 4.29. The highest BCUT2D eigenvalue weighted by Gasteiger charge is 2.29. The molecule has 2 aliphatic heterocycles. The number of piperazine rings is 1. The van der Waals surface area contributed by atoms with Crippen LogP contribution in [-0.4, -0.2) is 79.3 Å². The molecule has 1 atom stereocenters. The zero-order chi connectivity index (χ0) is 19.1. The van der Waals surface area contributed by atoms with Gasteiger partial charge in [-0.05, 0) is 37.9 Å². The number of carbonyl (C=O) groups excluding carboxylic acids is 1. The quantitative estimate of drug-likeness (QED) is 0.769. The van der Waals surface area contributed by atoms with Gasteiger partial charge in [0.25, 0.3) is 0 Å². The normalized spacial score (nSPS) is 22.7. The predicted molar refractivity (Wildman–Crippen MR) is 110 cm³/mol. The van der Waals surface area contributed by atoms with Gasteiger partial charge in [-0.2, -0.15) is 0 Å². The van der Waals surface area contributed by atoms with Crippen LogP contribution in [0.1, 0.15) is 25.3 Å². The van der Waals surface area contributed by atoms with Crippen LogP contribution in [0.2, 0.25) is 0 Å². The topological polar surface area (TPSA) is 36.0 Å². The SMILES string of the molecule is CCOC(=O)N1CCN(C2CCCN(CC(Cl)=Cc3ccccc3)C2)CC1. The maximum atomic E-state index is 11.9. The van der Waals surface area contributed by atoms with Crippen molar-refractivity contribution in [2.45, 2.75) is 25.8 Å². The highest BCUT2D eigenvalue weighted by Crippen LogP contribution is 2.20. The second-order valence-electron chi connectivity index (χ2n) is 7.25. The van der Waals surface area contributed by atoms with E-state index in [4.69, 9.17) is 16.3 Å². The van der Waals surface area contributed by atoms with Gasteiger partial charge in [0.05, 0.1) is 6.61 Å². The lowest BCUT2D eigenvalue weighted by molar-refractivity contribution is 0.0448. The van der Waals surface area contributed by atoms with Gasteiger partial charge in [-0.1, -0.05) is 41.9 Å². The van der Waals surface area contributed by atoms with Crippen molar-refractivity contribution in [3.05, 3.63) is 40.9 Å².